The molecular formula is C14H14Cl6Ti2-6. The summed E-state index contributed by atoms with van der Waals surface area (Å²) in [6.45, 7) is 0. The van der Waals surface area contributed by atoms with Crippen LogP contribution in [0, 0.1) is 0 Å². The Morgan fingerprint density at radius 2 is 1.18 bits per heavy atom. The average molecular weight is 491 g/mol. The van der Waals surface area contributed by atoms with Gasteiger partial charge in [0, 0.05) is 0 Å². The molecule has 0 N–H and O–H groups in total. The summed E-state index contributed by atoms with van der Waals surface area (Å²) >= 11 is -3.83. The summed E-state index contributed by atoms with van der Waals surface area (Å²) < 4.78 is 0. The second-order valence-corrected chi connectivity index (χ2v) is 19.4. The summed E-state index contributed by atoms with van der Waals surface area (Å²) in [5, 5.41) is 0. The number of halogens is 6. The zero-order valence-corrected chi connectivity index (χ0v) is 19.1. The van der Waals surface area contributed by atoms with Crippen LogP contribution in [0.3, 0.4) is 0 Å². The van der Waals surface area contributed by atoms with Gasteiger partial charge in [0.15, 0.2) is 0 Å². The molecule has 126 valence electrons. The molecule has 0 nitrogen and oxygen atoms in total. The Morgan fingerprint density at radius 3 is 1.64 bits per heavy atom. The second kappa shape index (κ2) is 16.1. The van der Waals surface area contributed by atoms with Crippen LogP contribution in [0.1, 0.15) is 11.1 Å². The summed E-state index contributed by atoms with van der Waals surface area (Å²) in [7, 11) is 29.8. The maximum atomic E-state index is 4.97. The first-order valence-corrected chi connectivity index (χ1v) is 19.0. The third-order valence-electron chi connectivity index (χ3n) is 2.34. The first-order valence-electron chi connectivity index (χ1n) is 6.15. The molecule has 2 rings (SSSR count). The van der Waals surface area contributed by atoms with Crippen molar-refractivity contribution in [3.05, 3.63) is 71.8 Å². The third-order valence-corrected chi connectivity index (χ3v) is 2.34. The minimum atomic E-state index is -1.92. The fourth-order valence-corrected chi connectivity index (χ4v) is 1.54. The monoisotopic (exact) mass is 488 g/mol. The van der Waals surface area contributed by atoms with E-state index in [4.69, 9.17) is 55.8 Å². The van der Waals surface area contributed by atoms with Crippen molar-refractivity contribution in [2.24, 2.45) is 0 Å². The van der Waals surface area contributed by atoms with Gasteiger partial charge in [0.25, 0.3) is 0 Å². The summed E-state index contributed by atoms with van der Waals surface area (Å²) in [6.07, 6.45) is 6.58. The minimum absolute atomic E-state index is 1.05. The molecule has 0 aromatic heterocycles. The van der Waals surface area contributed by atoms with E-state index < -0.39 is 29.4 Å². The van der Waals surface area contributed by atoms with Crippen LogP contribution in [0.2, 0.25) is 0 Å². The second-order valence-electron chi connectivity index (χ2n) is 3.89. The number of hydrogen-bond donors (Lipinski definition) is 0. The molecule has 0 heterocycles. The maximum absolute atomic E-state index is 4.97. The molecule has 22 heavy (non-hydrogen) atoms. The first-order chi connectivity index (χ1) is 10.4. The Labute approximate surface area is 167 Å². The van der Waals surface area contributed by atoms with Crippen molar-refractivity contribution in [1.82, 2.24) is 0 Å². The van der Waals surface area contributed by atoms with Crippen molar-refractivity contribution in [1.29, 1.82) is 0 Å². The van der Waals surface area contributed by atoms with E-state index in [0.29, 0.717) is 0 Å². The Balaban J connectivity index is 0.000000464. The van der Waals surface area contributed by atoms with E-state index in [1.807, 2.05) is 0 Å². The van der Waals surface area contributed by atoms with Gasteiger partial charge in [0.1, 0.15) is 0 Å². The molecule has 0 unspecified atom stereocenters. The van der Waals surface area contributed by atoms with Crippen molar-refractivity contribution in [3.63, 3.8) is 0 Å². The molecule has 0 radical (unpaired) electrons. The summed E-state index contributed by atoms with van der Waals surface area (Å²) in [5.41, 5.74) is 2.78. The van der Waals surface area contributed by atoms with Crippen LogP contribution in [0.5, 0.6) is 0 Å². The quantitative estimate of drug-likeness (QED) is 0.235. The van der Waals surface area contributed by atoms with Gasteiger partial charge in [-0.05, 0) is 0 Å². The molecule has 2 aromatic carbocycles. The molecule has 0 spiro atoms. The number of hydrogen-bond acceptors (Lipinski definition) is 0. The fraction of sp³-hybridized carbons (Fsp3) is 0.143. The van der Waals surface area contributed by atoms with Crippen LogP contribution < -0.4 is 0 Å². The van der Waals surface area contributed by atoms with Gasteiger partial charge in [-0.1, -0.05) is 12.5 Å². The first kappa shape index (κ1) is 23.6. The summed E-state index contributed by atoms with van der Waals surface area (Å²) in [6, 6.07) is 17.0. The van der Waals surface area contributed by atoms with E-state index in [1.165, 1.54) is 11.1 Å². The van der Waals surface area contributed by atoms with Gasteiger partial charge >= 0.3 is 85.2 Å². The number of rotatable bonds is 4. The van der Waals surface area contributed by atoms with Gasteiger partial charge in [-0.3, -0.25) is 0 Å². The molecule has 0 aliphatic rings. The van der Waals surface area contributed by atoms with Crippen LogP contribution in [0.4, 0.5) is 0 Å². The normalized spacial score (nSPS) is 9.55. The Kier molecular flexibility index (Phi) is 17.3. The van der Waals surface area contributed by atoms with E-state index in [-0.39, 0.29) is 0 Å². The molecule has 0 atom stereocenters. The predicted molar refractivity (Wildman–Crippen MR) is 95.7 cm³/mol. The standard InChI is InChI=1S/C14H14.6ClH.2Ti/c1-2-8-13(7-1)11-5-6-12-14-9-3-4-10-14;;;;;;;;/h1-10H,11-12H2;6*1H;;/q-6;;;;;;;2*+3/p-6. The predicted octanol–water partition coefficient (Wildman–Crippen LogP) is 7.60. The van der Waals surface area contributed by atoms with E-state index in [0.717, 1.165) is 12.8 Å². The van der Waals surface area contributed by atoms with Crippen LogP contribution in [-0.4, -0.2) is 0 Å². The molecule has 8 heteroatoms. The molecule has 0 saturated heterocycles. The van der Waals surface area contributed by atoms with Gasteiger partial charge in [-0.2, -0.15) is 24.1 Å². The van der Waals surface area contributed by atoms with E-state index in [2.05, 4.69) is 60.7 Å². The topological polar surface area (TPSA) is 0 Å². The SMILES string of the molecule is C(=CC[c-]1[cH-][cH-][cH-][cH-]1)C[c-]1cccc1.[Cl][Ti]([Cl])[Cl].[Cl][Ti]([Cl])[Cl]. The van der Waals surface area contributed by atoms with Crippen molar-refractivity contribution in [2.75, 3.05) is 0 Å². The van der Waals surface area contributed by atoms with Gasteiger partial charge in [-0.25, -0.2) is 12.1 Å². The van der Waals surface area contributed by atoms with Gasteiger partial charge in [0.2, 0.25) is 0 Å². The Bertz CT molecular complexity index is 416. The molecule has 0 aliphatic heterocycles. The van der Waals surface area contributed by atoms with Gasteiger partial charge < -0.3 is 29.8 Å². The summed E-state index contributed by atoms with van der Waals surface area (Å²) in [4.78, 5) is 0. The zero-order valence-electron chi connectivity index (χ0n) is 11.5. The van der Waals surface area contributed by atoms with Crippen molar-refractivity contribution in [3.8, 4) is 0 Å². The number of allylic oxidation sites excluding steroid dienone is 2. The van der Waals surface area contributed by atoms with Crippen molar-refractivity contribution >= 4 is 55.8 Å². The third kappa shape index (κ3) is 18.0. The van der Waals surface area contributed by atoms with E-state index in [9.17, 15) is 0 Å². The van der Waals surface area contributed by atoms with Crippen LogP contribution >= 0.6 is 55.8 Å². The molecule has 2 aromatic rings. The molecule has 0 aliphatic carbocycles. The van der Waals surface area contributed by atoms with Crippen LogP contribution in [0.25, 0.3) is 0 Å². The van der Waals surface area contributed by atoms with E-state index in [1.54, 1.807) is 0 Å². The molecule has 0 bridgehead atoms. The van der Waals surface area contributed by atoms with Gasteiger partial charge in [0.05, 0.1) is 0 Å². The Hall–Kier alpha value is 1.61. The van der Waals surface area contributed by atoms with Crippen molar-refractivity contribution in [2.45, 2.75) is 12.8 Å². The summed E-state index contributed by atoms with van der Waals surface area (Å²) in [5.74, 6) is 0. The Morgan fingerprint density at radius 1 is 0.773 bits per heavy atom. The van der Waals surface area contributed by atoms with Crippen LogP contribution in [0.15, 0.2) is 60.7 Å². The van der Waals surface area contributed by atoms with Crippen molar-refractivity contribution < 1.29 is 29.4 Å². The molecular weight excluding hydrogens is 477 g/mol. The van der Waals surface area contributed by atoms with Gasteiger partial charge in [-0.15, -0.1) is 6.08 Å². The zero-order chi connectivity index (χ0) is 16.8. The van der Waals surface area contributed by atoms with E-state index >= 15 is 0 Å². The average Bonchev–Trinajstić information content (AvgIpc) is 3.07. The molecule has 0 amide bonds. The fourth-order valence-electron chi connectivity index (χ4n) is 1.54. The molecule has 0 fully saturated rings. The molecule has 0 saturated carbocycles. The van der Waals surface area contributed by atoms with Crippen LogP contribution in [-0.2, 0) is 42.2 Å².